The lowest BCUT2D eigenvalue weighted by Crippen LogP contribution is -2.35. The van der Waals surface area contributed by atoms with Crippen LogP contribution < -0.4 is 16.0 Å². The number of fused-ring (bicyclic) bond motifs is 1. The van der Waals surface area contributed by atoms with E-state index in [0.717, 1.165) is 41.8 Å². The predicted molar refractivity (Wildman–Crippen MR) is 130 cm³/mol. The van der Waals surface area contributed by atoms with Gasteiger partial charge in [-0.3, -0.25) is 4.79 Å². The molecular weight excluding hydrogens is 471 g/mol. The molecule has 1 aliphatic heterocycles. The Kier molecular flexibility index (Phi) is 6.63. The van der Waals surface area contributed by atoms with Crippen molar-refractivity contribution >= 4 is 23.1 Å². The summed E-state index contributed by atoms with van der Waals surface area (Å²) in [5, 5.41) is 19.1. The summed E-state index contributed by atoms with van der Waals surface area (Å²) >= 11 is 0. The summed E-state index contributed by atoms with van der Waals surface area (Å²) in [4.78, 5) is 21.3. The van der Waals surface area contributed by atoms with E-state index in [2.05, 4.69) is 25.9 Å². The fourth-order valence-electron chi connectivity index (χ4n) is 4.77. The largest absolute Gasteiger partial charge is 0.416 e. The number of halogens is 3. The van der Waals surface area contributed by atoms with Gasteiger partial charge in [-0.1, -0.05) is 18.2 Å². The molecule has 5 rings (SSSR count). The summed E-state index contributed by atoms with van der Waals surface area (Å²) in [7, 11) is 0. The van der Waals surface area contributed by atoms with Crippen molar-refractivity contribution < 1.29 is 23.1 Å². The summed E-state index contributed by atoms with van der Waals surface area (Å²) in [6, 6.07) is 10.3. The predicted octanol–water partition coefficient (Wildman–Crippen LogP) is 4.45. The molecule has 1 amide bonds. The highest BCUT2D eigenvalue weighted by molar-refractivity contribution is 5.98. The summed E-state index contributed by atoms with van der Waals surface area (Å²) in [6.07, 6.45) is -0.164. The molecule has 0 unspecified atom stereocenters. The fraction of sp³-hybridized carbons (Fsp3) is 0.346. The van der Waals surface area contributed by atoms with Crippen molar-refractivity contribution in [2.75, 3.05) is 17.2 Å². The first-order valence-electron chi connectivity index (χ1n) is 11.9. The third-order valence-electron chi connectivity index (χ3n) is 6.65. The number of benzene rings is 2. The minimum Gasteiger partial charge on any atom is -0.393 e. The third-order valence-corrected chi connectivity index (χ3v) is 6.65. The van der Waals surface area contributed by atoms with Gasteiger partial charge in [-0.2, -0.15) is 13.2 Å². The normalized spacial score (nSPS) is 19.6. The minimum atomic E-state index is -4.56. The third kappa shape index (κ3) is 5.19. The fourth-order valence-corrected chi connectivity index (χ4v) is 4.77. The molecule has 7 nitrogen and oxygen atoms in total. The standard InChI is InChI=1S/C26H26F3N5O2/c27-26(28,29)16-7-9-18(23(11-16)34-25(36)21-5-2-10-30-21)22-13-24(32-14-31-22)33-20-4-1-3-15-6-8-17(35)12-19(15)20/h1,3-4,7,9,11,13-14,17,21,30,35H,2,5-6,8,10,12H2,(H,34,36)(H,31,32,33)/t17-,21+/m1/s1. The van der Waals surface area contributed by atoms with Gasteiger partial charge >= 0.3 is 6.18 Å². The lowest BCUT2D eigenvalue weighted by atomic mass is 9.88. The molecular formula is C26H26F3N5O2. The van der Waals surface area contributed by atoms with Crippen molar-refractivity contribution in [1.29, 1.82) is 0 Å². The number of amides is 1. The van der Waals surface area contributed by atoms with E-state index >= 15 is 0 Å². The van der Waals surface area contributed by atoms with Crippen molar-refractivity contribution in [3.05, 3.63) is 65.5 Å². The van der Waals surface area contributed by atoms with Gasteiger partial charge < -0.3 is 21.1 Å². The second-order valence-corrected chi connectivity index (χ2v) is 9.15. The lowest BCUT2D eigenvalue weighted by molar-refractivity contribution is -0.137. The number of nitrogens with one attached hydrogen (secondary N) is 3. The zero-order valence-corrected chi connectivity index (χ0v) is 19.4. The Morgan fingerprint density at radius 3 is 2.72 bits per heavy atom. The molecule has 2 heterocycles. The minimum absolute atomic E-state index is 0.0355. The number of aromatic nitrogens is 2. The highest BCUT2D eigenvalue weighted by atomic mass is 19.4. The monoisotopic (exact) mass is 497 g/mol. The summed E-state index contributed by atoms with van der Waals surface area (Å²) in [5.41, 5.74) is 2.88. The number of alkyl halides is 3. The number of aliphatic hydroxyl groups is 1. The topological polar surface area (TPSA) is 99.2 Å². The van der Waals surface area contributed by atoms with Crippen molar-refractivity contribution in [1.82, 2.24) is 15.3 Å². The van der Waals surface area contributed by atoms with Crippen molar-refractivity contribution in [3.8, 4) is 11.3 Å². The Bertz CT molecular complexity index is 1270. The average molecular weight is 498 g/mol. The van der Waals surface area contributed by atoms with Gasteiger partial charge in [0.05, 0.1) is 29.1 Å². The first-order valence-corrected chi connectivity index (χ1v) is 11.9. The highest BCUT2D eigenvalue weighted by Crippen LogP contribution is 2.36. The van der Waals surface area contributed by atoms with Gasteiger partial charge in [0.25, 0.3) is 0 Å². The van der Waals surface area contributed by atoms with Crippen LogP contribution in [0.1, 0.15) is 36.0 Å². The van der Waals surface area contributed by atoms with Crippen LogP contribution >= 0.6 is 0 Å². The molecule has 36 heavy (non-hydrogen) atoms. The van der Waals surface area contributed by atoms with Crippen molar-refractivity contribution in [2.24, 2.45) is 0 Å². The average Bonchev–Trinajstić information content (AvgIpc) is 3.39. The number of carbonyl (C=O) groups is 1. The van der Waals surface area contributed by atoms with E-state index in [1.54, 1.807) is 6.07 Å². The zero-order chi connectivity index (χ0) is 25.3. The maximum Gasteiger partial charge on any atom is 0.416 e. The molecule has 1 fully saturated rings. The molecule has 1 aromatic heterocycles. The van der Waals surface area contributed by atoms with Gasteiger partial charge in [-0.05, 0) is 61.6 Å². The number of rotatable bonds is 5. The molecule has 1 aliphatic carbocycles. The molecule has 1 saturated heterocycles. The number of nitrogens with zero attached hydrogens (tertiary/aromatic N) is 2. The van der Waals surface area contributed by atoms with E-state index in [-0.39, 0.29) is 11.6 Å². The molecule has 4 N–H and O–H groups in total. The summed E-state index contributed by atoms with van der Waals surface area (Å²) < 4.78 is 40.3. The Morgan fingerprint density at radius 1 is 1.08 bits per heavy atom. The molecule has 2 aromatic carbocycles. The SMILES string of the molecule is O=C(Nc1cc(C(F)(F)F)ccc1-c1cc(Nc2cccc3c2C[C@H](O)CC3)ncn1)[C@@H]1CCCN1. The van der Waals surface area contributed by atoms with E-state index in [1.165, 1.54) is 12.4 Å². The second kappa shape index (κ2) is 9.87. The number of hydrogen-bond acceptors (Lipinski definition) is 6. The van der Waals surface area contributed by atoms with Crippen LogP contribution in [-0.2, 0) is 23.8 Å². The maximum absolute atomic E-state index is 13.4. The lowest BCUT2D eigenvalue weighted by Gasteiger charge is -2.23. The van der Waals surface area contributed by atoms with Gasteiger partial charge in [-0.25, -0.2) is 9.97 Å². The van der Waals surface area contributed by atoms with Crippen LogP contribution in [0.4, 0.5) is 30.4 Å². The number of anilines is 3. The second-order valence-electron chi connectivity index (χ2n) is 9.15. The van der Waals surface area contributed by atoms with E-state index in [0.29, 0.717) is 42.9 Å². The molecule has 0 spiro atoms. The highest BCUT2D eigenvalue weighted by Gasteiger charge is 2.32. The van der Waals surface area contributed by atoms with Crippen LogP contribution in [0.2, 0.25) is 0 Å². The van der Waals surface area contributed by atoms with E-state index in [1.807, 2.05) is 18.2 Å². The zero-order valence-electron chi connectivity index (χ0n) is 19.4. The van der Waals surface area contributed by atoms with E-state index < -0.39 is 23.9 Å². The maximum atomic E-state index is 13.4. The van der Waals surface area contributed by atoms with Gasteiger partial charge in [0.1, 0.15) is 12.1 Å². The molecule has 0 saturated carbocycles. The van der Waals surface area contributed by atoms with Crippen LogP contribution in [0, 0.1) is 0 Å². The number of carbonyl (C=O) groups excluding carboxylic acids is 1. The van der Waals surface area contributed by atoms with Gasteiger partial charge in [0, 0.05) is 23.7 Å². The van der Waals surface area contributed by atoms with E-state index in [9.17, 15) is 23.1 Å². The smallest absolute Gasteiger partial charge is 0.393 e. The summed E-state index contributed by atoms with van der Waals surface area (Å²) in [5.74, 6) is 0.0676. The molecule has 0 radical (unpaired) electrons. The van der Waals surface area contributed by atoms with Crippen LogP contribution in [-0.4, -0.2) is 39.7 Å². The van der Waals surface area contributed by atoms with Crippen LogP contribution in [0.15, 0.2) is 48.8 Å². The van der Waals surface area contributed by atoms with Crippen molar-refractivity contribution in [2.45, 2.75) is 50.4 Å². The van der Waals surface area contributed by atoms with Gasteiger partial charge in [0.2, 0.25) is 5.91 Å². The first kappa shape index (κ1) is 24.2. The summed E-state index contributed by atoms with van der Waals surface area (Å²) in [6.45, 7) is 0.689. The quantitative estimate of drug-likeness (QED) is 0.416. The molecule has 0 bridgehead atoms. The Balaban J connectivity index is 1.47. The number of aryl methyl sites for hydroxylation is 1. The molecule has 2 aliphatic rings. The first-order chi connectivity index (χ1) is 17.3. The van der Waals surface area contributed by atoms with Gasteiger partial charge in [-0.15, -0.1) is 0 Å². The van der Waals surface area contributed by atoms with Gasteiger partial charge in [0.15, 0.2) is 0 Å². The Hall–Kier alpha value is -3.50. The molecule has 2 atom stereocenters. The van der Waals surface area contributed by atoms with Crippen LogP contribution in [0.5, 0.6) is 0 Å². The molecule has 188 valence electrons. The van der Waals surface area contributed by atoms with E-state index in [4.69, 9.17) is 0 Å². The van der Waals surface area contributed by atoms with Crippen LogP contribution in [0.3, 0.4) is 0 Å². The Labute approximate surface area is 206 Å². The van der Waals surface area contributed by atoms with Crippen molar-refractivity contribution in [3.63, 3.8) is 0 Å². The number of hydrogen-bond donors (Lipinski definition) is 4. The number of aliphatic hydroxyl groups excluding tert-OH is 1. The Morgan fingerprint density at radius 2 is 1.94 bits per heavy atom. The molecule has 3 aromatic rings. The van der Waals surface area contributed by atoms with Crippen LogP contribution in [0.25, 0.3) is 11.3 Å². The molecule has 10 heteroatoms.